The largest absolute Gasteiger partial charge is 0.316 e. The number of ketones is 1. The van der Waals surface area contributed by atoms with Crippen LogP contribution >= 0.6 is 11.8 Å². The third-order valence-corrected chi connectivity index (χ3v) is 8.25. The molecule has 6 nitrogen and oxygen atoms in total. The molecule has 2 heterocycles. The molecule has 29 heavy (non-hydrogen) atoms. The van der Waals surface area contributed by atoms with Crippen molar-refractivity contribution in [3.05, 3.63) is 65.7 Å². The van der Waals surface area contributed by atoms with E-state index in [9.17, 15) is 18.0 Å². The third kappa shape index (κ3) is 4.28. The number of nitrogens with zero attached hydrogens (tertiary/aromatic N) is 2. The highest BCUT2D eigenvalue weighted by Crippen LogP contribution is 2.41. The van der Waals surface area contributed by atoms with Gasteiger partial charge in [-0.2, -0.15) is 4.99 Å². The van der Waals surface area contributed by atoms with Crippen LogP contribution in [0.1, 0.15) is 22.8 Å². The number of fused-ring (bicyclic) bond motifs is 1. The number of carbonyl (C=O) groups is 2. The average Bonchev–Trinajstić information content (AvgIpc) is 3.13. The fraction of sp³-hybridized carbons (Fsp3) is 0.286. The van der Waals surface area contributed by atoms with Crippen LogP contribution in [0.4, 0.5) is 5.69 Å². The topological polar surface area (TPSA) is 83.9 Å². The number of benzene rings is 2. The van der Waals surface area contributed by atoms with Crippen molar-refractivity contribution >= 4 is 44.1 Å². The van der Waals surface area contributed by atoms with Gasteiger partial charge in [0.15, 0.2) is 20.8 Å². The third-order valence-electron chi connectivity index (χ3n) is 5.04. The van der Waals surface area contributed by atoms with E-state index in [2.05, 4.69) is 4.99 Å². The second-order valence-electron chi connectivity index (χ2n) is 7.22. The predicted molar refractivity (Wildman–Crippen MR) is 115 cm³/mol. The zero-order valence-corrected chi connectivity index (χ0v) is 17.4. The molecule has 0 saturated carbocycles. The van der Waals surface area contributed by atoms with Crippen LogP contribution in [0.3, 0.4) is 0 Å². The second-order valence-corrected chi connectivity index (χ2v) is 10.6. The lowest BCUT2D eigenvalue weighted by Gasteiger charge is -2.24. The first-order valence-electron chi connectivity index (χ1n) is 9.25. The lowest BCUT2D eigenvalue weighted by Crippen LogP contribution is -2.37. The Morgan fingerprint density at radius 2 is 1.76 bits per heavy atom. The maximum absolute atomic E-state index is 12.5. The van der Waals surface area contributed by atoms with Crippen molar-refractivity contribution in [2.45, 2.75) is 24.6 Å². The lowest BCUT2D eigenvalue weighted by molar-refractivity contribution is -0.117. The number of rotatable bonds is 4. The van der Waals surface area contributed by atoms with Crippen molar-refractivity contribution in [1.82, 2.24) is 0 Å². The molecule has 0 spiro atoms. The molecule has 2 fully saturated rings. The van der Waals surface area contributed by atoms with Crippen LogP contribution < -0.4 is 4.90 Å². The molecule has 0 radical (unpaired) electrons. The number of amidine groups is 1. The summed E-state index contributed by atoms with van der Waals surface area (Å²) >= 11 is 1.34. The van der Waals surface area contributed by atoms with Crippen molar-refractivity contribution in [2.24, 2.45) is 4.99 Å². The second kappa shape index (κ2) is 7.76. The van der Waals surface area contributed by atoms with Gasteiger partial charge in [0.1, 0.15) is 0 Å². The van der Waals surface area contributed by atoms with Gasteiger partial charge in [-0.15, -0.1) is 0 Å². The number of hydrogen-bond donors (Lipinski definition) is 0. The Bertz CT molecular complexity index is 1080. The van der Waals surface area contributed by atoms with Crippen LogP contribution in [0.25, 0.3) is 0 Å². The quantitative estimate of drug-likeness (QED) is 0.697. The van der Waals surface area contributed by atoms with Gasteiger partial charge in [-0.25, -0.2) is 8.42 Å². The summed E-state index contributed by atoms with van der Waals surface area (Å²) < 4.78 is 24.3. The zero-order chi connectivity index (χ0) is 20.6. The standard InChI is InChI=1S/C21H20N2O4S2/c1-14(24)16-7-9-17(10-8-16)23-18-12-29(26,27)13-19(18)28-21(23)22-20(25)11-15-5-3-2-4-6-15/h2-10,18-19H,11-13H2,1H3/t18-,19+/m0/s1. The summed E-state index contributed by atoms with van der Waals surface area (Å²) in [6.07, 6.45) is 0.190. The summed E-state index contributed by atoms with van der Waals surface area (Å²) in [4.78, 5) is 30.3. The smallest absolute Gasteiger partial charge is 0.252 e. The summed E-state index contributed by atoms with van der Waals surface area (Å²) in [5, 5.41) is 0.363. The van der Waals surface area contributed by atoms with Gasteiger partial charge in [-0.05, 0) is 36.8 Å². The molecule has 2 aromatic rings. The van der Waals surface area contributed by atoms with Crippen molar-refractivity contribution in [3.8, 4) is 0 Å². The average molecular weight is 429 g/mol. The fourth-order valence-corrected chi connectivity index (χ4v) is 7.57. The van der Waals surface area contributed by atoms with Crippen molar-refractivity contribution < 1.29 is 18.0 Å². The zero-order valence-electron chi connectivity index (χ0n) is 15.8. The summed E-state index contributed by atoms with van der Waals surface area (Å²) in [6.45, 7) is 1.50. The van der Waals surface area contributed by atoms with Crippen LogP contribution in [0, 0.1) is 0 Å². The summed E-state index contributed by atoms with van der Waals surface area (Å²) in [6, 6.07) is 16.1. The molecule has 0 N–H and O–H groups in total. The number of sulfone groups is 1. The van der Waals surface area contributed by atoms with Crippen molar-refractivity contribution in [3.63, 3.8) is 0 Å². The van der Waals surface area contributed by atoms with E-state index in [0.29, 0.717) is 10.7 Å². The van der Waals surface area contributed by atoms with Gasteiger partial charge in [0.25, 0.3) is 5.91 Å². The van der Waals surface area contributed by atoms with Gasteiger partial charge in [-0.1, -0.05) is 42.1 Å². The van der Waals surface area contributed by atoms with Gasteiger partial charge in [-0.3, -0.25) is 9.59 Å². The van der Waals surface area contributed by atoms with Crippen LogP contribution in [0.15, 0.2) is 59.6 Å². The van der Waals surface area contributed by atoms with E-state index < -0.39 is 9.84 Å². The van der Waals surface area contributed by atoms with Gasteiger partial charge >= 0.3 is 0 Å². The molecule has 150 valence electrons. The minimum Gasteiger partial charge on any atom is -0.316 e. The number of carbonyl (C=O) groups excluding carboxylic acids is 2. The molecule has 2 aromatic carbocycles. The monoisotopic (exact) mass is 428 g/mol. The predicted octanol–water partition coefficient (Wildman–Crippen LogP) is 2.73. The summed E-state index contributed by atoms with van der Waals surface area (Å²) in [7, 11) is -3.13. The first-order chi connectivity index (χ1) is 13.8. The number of amides is 1. The molecule has 8 heteroatoms. The molecule has 0 bridgehead atoms. The van der Waals surface area contributed by atoms with Gasteiger partial charge < -0.3 is 4.90 Å². The van der Waals surface area contributed by atoms with Gasteiger partial charge in [0.05, 0.1) is 24.0 Å². The van der Waals surface area contributed by atoms with E-state index in [-0.39, 0.29) is 40.9 Å². The number of thioether (sulfide) groups is 1. The van der Waals surface area contributed by atoms with E-state index >= 15 is 0 Å². The summed E-state index contributed by atoms with van der Waals surface area (Å²) in [5.41, 5.74) is 2.19. The molecule has 2 saturated heterocycles. The lowest BCUT2D eigenvalue weighted by atomic mass is 10.1. The number of hydrogen-bond acceptors (Lipinski definition) is 5. The Morgan fingerprint density at radius 1 is 1.07 bits per heavy atom. The van der Waals surface area contributed by atoms with E-state index in [4.69, 9.17) is 0 Å². The van der Waals surface area contributed by atoms with Gasteiger partial charge in [0.2, 0.25) is 0 Å². The summed E-state index contributed by atoms with van der Waals surface area (Å²) in [5.74, 6) is -0.200. The molecule has 0 aliphatic carbocycles. The normalized spacial score (nSPS) is 23.9. The SMILES string of the molecule is CC(=O)c1ccc(N2C(=NC(=O)Cc3ccccc3)S[C@@H]3CS(=O)(=O)C[C@@H]32)cc1. The Balaban J connectivity index is 1.65. The molecule has 0 unspecified atom stereocenters. The van der Waals surface area contributed by atoms with E-state index in [1.807, 2.05) is 35.2 Å². The molecule has 2 aliphatic rings. The van der Waals surface area contributed by atoms with E-state index in [1.54, 1.807) is 24.3 Å². The van der Waals surface area contributed by atoms with Crippen LogP contribution in [-0.4, -0.2) is 48.1 Å². The first-order valence-corrected chi connectivity index (χ1v) is 12.0. The molecular formula is C21H20N2O4S2. The molecule has 1 amide bonds. The Hall–Kier alpha value is -2.45. The minimum absolute atomic E-state index is 0.0328. The Labute approximate surface area is 173 Å². The highest BCUT2D eigenvalue weighted by atomic mass is 32.2. The van der Waals surface area contributed by atoms with E-state index in [0.717, 1.165) is 11.3 Å². The number of aliphatic imine (C=N–C) groups is 1. The number of anilines is 1. The number of Topliss-reactive ketones (excluding diaryl/α,β-unsaturated/α-hetero) is 1. The highest BCUT2D eigenvalue weighted by Gasteiger charge is 2.49. The molecule has 2 atom stereocenters. The maximum Gasteiger partial charge on any atom is 0.252 e. The molecule has 2 aliphatic heterocycles. The van der Waals surface area contributed by atoms with Gasteiger partial charge in [0, 0.05) is 16.5 Å². The van der Waals surface area contributed by atoms with Crippen LogP contribution in [0.5, 0.6) is 0 Å². The fourth-order valence-electron chi connectivity index (χ4n) is 3.64. The van der Waals surface area contributed by atoms with Crippen LogP contribution in [0.2, 0.25) is 0 Å². The maximum atomic E-state index is 12.5. The van der Waals surface area contributed by atoms with Crippen molar-refractivity contribution in [2.75, 3.05) is 16.4 Å². The van der Waals surface area contributed by atoms with E-state index in [1.165, 1.54) is 18.7 Å². The Morgan fingerprint density at radius 3 is 2.41 bits per heavy atom. The highest BCUT2D eigenvalue weighted by molar-refractivity contribution is 8.16. The molecule has 4 rings (SSSR count). The van der Waals surface area contributed by atoms with Crippen molar-refractivity contribution in [1.29, 1.82) is 0 Å². The first kappa shape index (κ1) is 19.8. The van der Waals surface area contributed by atoms with Crippen LogP contribution in [-0.2, 0) is 21.1 Å². The molecule has 0 aromatic heterocycles. The Kier molecular flexibility index (Phi) is 5.31. The minimum atomic E-state index is -3.13. The molecular weight excluding hydrogens is 408 g/mol.